The molecule has 2 aromatic heterocycles. The van der Waals surface area contributed by atoms with Gasteiger partial charge in [0.15, 0.2) is 5.65 Å². The van der Waals surface area contributed by atoms with E-state index >= 15 is 0 Å². The number of carbonyl (C=O) groups excluding carboxylic acids is 1. The zero-order chi connectivity index (χ0) is 18.0. The molecule has 6 nitrogen and oxygen atoms in total. The van der Waals surface area contributed by atoms with Gasteiger partial charge in [0.25, 0.3) is 0 Å². The zero-order valence-corrected chi connectivity index (χ0v) is 14.2. The summed E-state index contributed by atoms with van der Waals surface area (Å²) >= 11 is 0. The number of fused-ring (bicyclic) bond motifs is 1. The number of amides is 1. The van der Waals surface area contributed by atoms with Crippen LogP contribution in [0, 0.1) is 11.2 Å². The van der Waals surface area contributed by atoms with Gasteiger partial charge in [-0.3, -0.25) is 4.79 Å². The lowest BCUT2D eigenvalue weighted by atomic mass is 9.74. The fourth-order valence-electron chi connectivity index (χ4n) is 3.39. The van der Waals surface area contributed by atoms with E-state index in [9.17, 15) is 9.18 Å². The molecule has 3 heterocycles. The number of rotatable bonds is 4. The first-order valence-electron chi connectivity index (χ1n) is 8.58. The number of carbonyl (C=O) groups is 1. The normalized spacial score (nSPS) is 16.5. The van der Waals surface area contributed by atoms with Crippen LogP contribution in [0.15, 0.2) is 48.9 Å². The number of pyridine rings is 1. The van der Waals surface area contributed by atoms with E-state index in [4.69, 9.17) is 4.74 Å². The molecule has 1 aliphatic rings. The predicted octanol–water partition coefficient (Wildman–Crippen LogP) is 2.85. The summed E-state index contributed by atoms with van der Waals surface area (Å²) in [6, 6.07) is 9.95. The van der Waals surface area contributed by atoms with Gasteiger partial charge in [-0.1, -0.05) is 12.1 Å². The van der Waals surface area contributed by atoms with Crippen LogP contribution in [-0.2, 0) is 16.0 Å². The van der Waals surface area contributed by atoms with Gasteiger partial charge >= 0.3 is 0 Å². The van der Waals surface area contributed by atoms with Crippen LogP contribution in [-0.4, -0.2) is 33.7 Å². The van der Waals surface area contributed by atoms with Crippen LogP contribution in [0.3, 0.4) is 0 Å². The second-order valence-electron chi connectivity index (χ2n) is 6.63. The molecular weight excluding hydrogens is 335 g/mol. The maximum atomic E-state index is 13.2. The molecule has 0 aliphatic carbocycles. The summed E-state index contributed by atoms with van der Waals surface area (Å²) < 4.78 is 20.3. The smallest absolute Gasteiger partial charge is 0.231 e. The first kappa shape index (κ1) is 16.7. The Morgan fingerprint density at radius 2 is 1.96 bits per heavy atom. The third kappa shape index (κ3) is 3.30. The number of aromatic nitrogens is 3. The lowest BCUT2D eigenvalue weighted by Gasteiger charge is -2.36. The van der Waals surface area contributed by atoms with Crippen molar-refractivity contribution in [2.45, 2.75) is 19.3 Å². The average Bonchev–Trinajstić information content (AvgIpc) is 3.12. The Kier molecular flexibility index (Phi) is 4.38. The van der Waals surface area contributed by atoms with Crippen molar-refractivity contribution in [2.75, 3.05) is 18.5 Å². The first-order valence-corrected chi connectivity index (χ1v) is 8.58. The molecule has 7 heteroatoms. The maximum absolute atomic E-state index is 13.2. The maximum Gasteiger partial charge on any atom is 0.231 e. The molecule has 26 heavy (non-hydrogen) atoms. The molecule has 1 saturated heterocycles. The third-order valence-electron chi connectivity index (χ3n) is 4.92. The molecular formula is C19H19FN4O2. The van der Waals surface area contributed by atoms with Gasteiger partial charge in [0, 0.05) is 13.2 Å². The quantitative estimate of drug-likeness (QED) is 0.782. The summed E-state index contributed by atoms with van der Waals surface area (Å²) in [4.78, 5) is 17.2. The van der Waals surface area contributed by atoms with E-state index in [0.29, 0.717) is 38.2 Å². The van der Waals surface area contributed by atoms with Gasteiger partial charge in [-0.15, -0.1) is 0 Å². The van der Waals surface area contributed by atoms with Crippen LogP contribution in [0.5, 0.6) is 0 Å². The fourth-order valence-corrected chi connectivity index (χ4v) is 3.39. The first-order chi connectivity index (χ1) is 12.6. The number of ether oxygens (including phenoxy) is 1. The lowest BCUT2D eigenvalue weighted by Crippen LogP contribution is -2.42. The highest BCUT2D eigenvalue weighted by Crippen LogP contribution is 2.36. The molecule has 1 aromatic carbocycles. The Bertz CT molecular complexity index is 917. The monoisotopic (exact) mass is 354 g/mol. The van der Waals surface area contributed by atoms with Crippen molar-refractivity contribution >= 4 is 17.2 Å². The van der Waals surface area contributed by atoms with Crippen LogP contribution in [0.2, 0.25) is 0 Å². The van der Waals surface area contributed by atoms with Crippen molar-refractivity contribution in [1.82, 2.24) is 14.6 Å². The Morgan fingerprint density at radius 3 is 2.73 bits per heavy atom. The SMILES string of the molecule is O=C(Nc1ccc2ncnn2c1)C1(Cc2ccc(F)cc2)CCOCC1. The van der Waals surface area contributed by atoms with E-state index in [1.54, 1.807) is 28.9 Å². The van der Waals surface area contributed by atoms with Crippen molar-refractivity contribution < 1.29 is 13.9 Å². The summed E-state index contributed by atoms with van der Waals surface area (Å²) in [5.74, 6) is -0.329. The van der Waals surface area contributed by atoms with E-state index in [1.165, 1.54) is 18.5 Å². The molecule has 1 fully saturated rings. The molecule has 4 rings (SSSR count). The number of hydrogen-bond donors (Lipinski definition) is 1. The summed E-state index contributed by atoms with van der Waals surface area (Å²) in [6.45, 7) is 1.08. The van der Waals surface area contributed by atoms with Gasteiger partial charge in [0.2, 0.25) is 5.91 Å². The molecule has 0 atom stereocenters. The fraction of sp³-hybridized carbons (Fsp3) is 0.316. The van der Waals surface area contributed by atoms with Gasteiger partial charge in [0.05, 0.1) is 17.3 Å². The Balaban J connectivity index is 1.58. The van der Waals surface area contributed by atoms with Gasteiger partial charge in [-0.25, -0.2) is 13.9 Å². The second kappa shape index (κ2) is 6.84. The number of nitrogens with zero attached hydrogens (tertiary/aromatic N) is 3. The highest BCUT2D eigenvalue weighted by molar-refractivity contribution is 5.95. The van der Waals surface area contributed by atoms with Gasteiger partial charge < -0.3 is 10.1 Å². The van der Waals surface area contributed by atoms with Crippen molar-refractivity contribution in [1.29, 1.82) is 0 Å². The van der Waals surface area contributed by atoms with Crippen molar-refractivity contribution in [3.63, 3.8) is 0 Å². The molecule has 1 aliphatic heterocycles. The Hall–Kier alpha value is -2.80. The van der Waals surface area contributed by atoms with E-state index in [0.717, 1.165) is 11.2 Å². The van der Waals surface area contributed by atoms with Crippen LogP contribution in [0.4, 0.5) is 10.1 Å². The second-order valence-corrected chi connectivity index (χ2v) is 6.63. The summed E-state index contributed by atoms with van der Waals surface area (Å²) in [7, 11) is 0. The topological polar surface area (TPSA) is 68.5 Å². The molecule has 0 spiro atoms. The summed E-state index contributed by atoms with van der Waals surface area (Å²) in [5.41, 5.74) is 1.75. The minimum absolute atomic E-state index is 0.0513. The largest absolute Gasteiger partial charge is 0.381 e. The van der Waals surface area contributed by atoms with Crippen molar-refractivity contribution in [3.05, 3.63) is 60.3 Å². The molecule has 1 amide bonds. The molecule has 134 valence electrons. The highest BCUT2D eigenvalue weighted by Gasteiger charge is 2.40. The lowest BCUT2D eigenvalue weighted by molar-refractivity contribution is -0.131. The highest BCUT2D eigenvalue weighted by atomic mass is 19.1. The minimum Gasteiger partial charge on any atom is -0.381 e. The Morgan fingerprint density at radius 1 is 1.19 bits per heavy atom. The van der Waals surface area contributed by atoms with E-state index in [1.807, 2.05) is 6.07 Å². The zero-order valence-electron chi connectivity index (χ0n) is 14.2. The van der Waals surface area contributed by atoms with Gasteiger partial charge in [0.1, 0.15) is 12.1 Å². The van der Waals surface area contributed by atoms with Crippen LogP contribution >= 0.6 is 0 Å². The number of halogens is 1. The molecule has 0 bridgehead atoms. The van der Waals surface area contributed by atoms with E-state index < -0.39 is 5.41 Å². The van der Waals surface area contributed by atoms with Crippen molar-refractivity contribution in [3.8, 4) is 0 Å². The standard InChI is InChI=1S/C19H19FN4O2/c20-15-3-1-14(2-4-15)11-19(7-9-26-10-8-19)18(25)23-16-5-6-17-21-13-22-24(17)12-16/h1-6,12-13H,7-11H2,(H,23,25). The minimum atomic E-state index is -0.576. The molecule has 1 N–H and O–H groups in total. The molecule has 0 radical (unpaired) electrons. The predicted molar refractivity (Wildman–Crippen MR) is 94.2 cm³/mol. The molecule has 0 unspecified atom stereocenters. The molecule has 3 aromatic rings. The van der Waals surface area contributed by atoms with Crippen molar-refractivity contribution in [2.24, 2.45) is 5.41 Å². The van der Waals surface area contributed by atoms with Crippen LogP contribution in [0.1, 0.15) is 18.4 Å². The van der Waals surface area contributed by atoms with Gasteiger partial charge in [-0.05, 0) is 49.1 Å². The van der Waals surface area contributed by atoms with Crippen LogP contribution < -0.4 is 5.32 Å². The van der Waals surface area contributed by atoms with Gasteiger partial charge in [-0.2, -0.15) is 5.10 Å². The average molecular weight is 354 g/mol. The summed E-state index contributed by atoms with van der Waals surface area (Å²) in [6.07, 6.45) is 5.01. The summed E-state index contributed by atoms with van der Waals surface area (Å²) in [5, 5.41) is 7.10. The number of anilines is 1. The van der Waals surface area contributed by atoms with E-state index in [2.05, 4.69) is 15.4 Å². The number of benzene rings is 1. The number of hydrogen-bond acceptors (Lipinski definition) is 4. The van der Waals surface area contributed by atoms with E-state index in [-0.39, 0.29) is 11.7 Å². The Labute approximate surface area is 150 Å². The van der Waals surface area contributed by atoms with Crippen LogP contribution in [0.25, 0.3) is 5.65 Å². The third-order valence-corrected chi connectivity index (χ3v) is 4.92. The number of nitrogens with one attached hydrogen (secondary N) is 1. The molecule has 0 saturated carbocycles.